The van der Waals surface area contributed by atoms with Crippen molar-refractivity contribution in [2.75, 3.05) is 5.32 Å². The molecule has 5 aromatic rings. The van der Waals surface area contributed by atoms with E-state index in [-0.39, 0.29) is 15.7 Å². The van der Waals surface area contributed by atoms with Crippen LogP contribution in [0.25, 0.3) is 28.1 Å². The number of nitro groups is 1. The van der Waals surface area contributed by atoms with Gasteiger partial charge in [-0.25, -0.2) is 14.6 Å². The van der Waals surface area contributed by atoms with Crippen LogP contribution >= 0.6 is 11.3 Å². The molecule has 0 atom stereocenters. The number of para-hydroxylation sites is 1. The first-order valence-electron chi connectivity index (χ1n) is 9.52. The van der Waals surface area contributed by atoms with Crippen molar-refractivity contribution >= 4 is 39.1 Å². The number of carbonyl (C=O) groups is 1. The van der Waals surface area contributed by atoms with Gasteiger partial charge in [0.15, 0.2) is 11.5 Å². The Morgan fingerprint density at radius 3 is 2.38 bits per heavy atom. The molecular weight excluding hydrogens is 428 g/mol. The van der Waals surface area contributed by atoms with Gasteiger partial charge in [0.05, 0.1) is 27.1 Å². The quantitative estimate of drug-likeness (QED) is 0.311. The number of aromatic nitrogens is 4. The van der Waals surface area contributed by atoms with Gasteiger partial charge >= 0.3 is 5.00 Å². The molecular formula is C22H14N6O3S. The fourth-order valence-electron chi connectivity index (χ4n) is 3.19. The first kappa shape index (κ1) is 19.5. The van der Waals surface area contributed by atoms with Crippen LogP contribution < -0.4 is 5.32 Å². The molecule has 2 aromatic carbocycles. The lowest BCUT2D eigenvalue weighted by Gasteiger charge is -2.09. The van der Waals surface area contributed by atoms with E-state index in [2.05, 4.69) is 15.4 Å². The van der Waals surface area contributed by atoms with E-state index in [0.717, 1.165) is 22.6 Å². The molecule has 0 aliphatic heterocycles. The van der Waals surface area contributed by atoms with Gasteiger partial charge in [0.2, 0.25) is 0 Å². The number of fused-ring (bicyclic) bond motifs is 1. The van der Waals surface area contributed by atoms with Crippen LogP contribution in [0.5, 0.6) is 0 Å². The predicted octanol–water partition coefficient (Wildman–Crippen LogP) is 4.70. The Labute approximate surface area is 185 Å². The lowest BCUT2D eigenvalue weighted by Crippen LogP contribution is -2.12. The van der Waals surface area contributed by atoms with E-state index in [1.54, 1.807) is 10.9 Å². The number of amides is 1. The normalized spacial score (nSPS) is 10.9. The summed E-state index contributed by atoms with van der Waals surface area (Å²) >= 11 is 0.801. The van der Waals surface area contributed by atoms with Crippen LogP contribution in [0, 0.1) is 10.1 Å². The number of thiophene rings is 1. The van der Waals surface area contributed by atoms with E-state index in [0.29, 0.717) is 16.9 Å². The summed E-state index contributed by atoms with van der Waals surface area (Å²) in [5.41, 5.74) is 2.11. The Hall–Kier alpha value is -4.44. The second-order valence-electron chi connectivity index (χ2n) is 6.74. The molecule has 0 radical (unpaired) electrons. The van der Waals surface area contributed by atoms with Gasteiger partial charge < -0.3 is 5.32 Å². The number of nitrogens with one attached hydrogen (secondary N) is 1. The average molecular weight is 442 g/mol. The second-order valence-corrected chi connectivity index (χ2v) is 7.80. The second kappa shape index (κ2) is 8.00. The molecule has 3 heterocycles. The lowest BCUT2D eigenvalue weighted by atomic mass is 10.2. The maximum absolute atomic E-state index is 12.8. The van der Waals surface area contributed by atoms with Gasteiger partial charge in [-0.15, -0.1) is 0 Å². The highest BCUT2D eigenvalue weighted by atomic mass is 32.1. The number of nitrogens with zero attached hydrogens (tertiary/aromatic N) is 5. The Morgan fingerprint density at radius 1 is 0.969 bits per heavy atom. The van der Waals surface area contributed by atoms with Gasteiger partial charge in [0, 0.05) is 11.6 Å². The van der Waals surface area contributed by atoms with Gasteiger partial charge in [0.25, 0.3) is 5.91 Å². The molecule has 9 nitrogen and oxygen atoms in total. The number of hydrogen-bond acceptors (Lipinski definition) is 7. The molecule has 0 bridgehead atoms. The highest BCUT2D eigenvalue weighted by Crippen LogP contribution is 2.29. The minimum Gasteiger partial charge on any atom is -0.305 e. The summed E-state index contributed by atoms with van der Waals surface area (Å²) < 4.78 is 1.68. The summed E-state index contributed by atoms with van der Waals surface area (Å²) in [4.78, 5) is 32.7. The minimum atomic E-state index is -0.526. The SMILES string of the molecule is O=C(Nc1nc(-c2ccccc2)nc2c1cnn2-c1ccccc1)c1ccc([N+](=O)[O-])s1. The number of anilines is 1. The summed E-state index contributed by atoms with van der Waals surface area (Å²) in [6, 6.07) is 21.6. The van der Waals surface area contributed by atoms with Crippen LogP contribution in [0.3, 0.4) is 0 Å². The molecule has 0 aliphatic rings. The summed E-state index contributed by atoms with van der Waals surface area (Å²) in [5, 5.41) is 18.6. The molecule has 1 N–H and O–H groups in total. The standard InChI is InChI=1S/C22H14N6O3S/c29-22(17-11-12-18(32-17)28(30)31)26-20-16-13-23-27(15-9-5-2-6-10-15)21(16)25-19(24-20)14-7-3-1-4-8-14/h1-13H,(H,24,25,26,29). The molecule has 0 aliphatic carbocycles. The van der Waals surface area contributed by atoms with E-state index >= 15 is 0 Å². The zero-order valence-corrected chi connectivity index (χ0v) is 17.2. The van der Waals surface area contributed by atoms with E-state index in [1.165, 1.54) is 12.1 Å². The molecule has 156 valence electrons. The third kappa shape index (κ3) is 3.59. The van der Waals surface area contributed by atoms with Crippen molar-refractivity contribution in [3.63, 3.8) is 0 Å². The van der Waals surface area contributed by atoms with Gasteiger partial charge in [-0.2, -0.15) is 5.10 Å². The Kier molecular flexibility index (Phi) is 4.88. The van der Waals surface area contributed by atoms with Crippen molar-refractivity contribution < 1.29 is 9.72 Å². The molecule has 0 spiro atoms. The highest BCUT2D eigenvalue weighted by Gasteiger charge is 2.20. The summed E-state index contributed by atoms with van der Waals surface area (Å²) in [6.45, 7) is 0. The molecule has 0 unspecified atom stereocenters. The molecule has 3 aromatic heterocycles. The largest absolute Gasteiger partial charge is 0.324 e. The predicted molar refractivity (Wildman–Crippen MR) is 121 cm³/mol. The zero-order chi connectivity index (χ0) is 22.1. The fourth-order valence-corrected chi connectivity index (χ4v) is 3.91. The van der Waals surface area contributed by atoms with Crippen LogP contribution in [0.2, 0.25) is 0 Å². The number of carbonyl (C=O) groups excluding carboxylic acids is 1. The molecule has 0 saturated heterocycles. The Morgan fingerprint density at radius 2 is 1.69 bits per heavy atom. The first-order chi connectivity index (χ1) is 15.6. The van der Waals surface area contributed by atoms with E-state index in [4.69, 9.17) is 4.98 Å². The molecule has 0 fully saturated rings. The van der Waals surface area contributed by atoms with Crippen LogP contribution in [0.15, 0.2) is 79.0 Å². The molecule has 5 rings (SSSR count). The number of hydrogen-bond donors (Lipinski definition) is 1. The van der Waals surface area contributed by atoms with Gasteiger partial charge in [-0.05, 0) is 18.2 Å². The topological polar surface area (TPSA) is 116 Å². The van der Waals surface area contributed by atoms with Gasteiger partial charge in [-0.1, -0.05) is 59.9 Å². The van der Waals surface area contributed by atoms with Crippen LogP contribution in [-0.2, 0) is 0 Å². The van der Waals surface area contributed by atoms with Crippen molar-refractivity contribution in [2.45, 2.75) is 0 Å². The molecule has 0 saturated carbocycles. The van der Waals surface area contributed by atoms with Crippen molar-refractivity contribution in [3.8, 4) is 17.1 Å². The third-order valence-electron chi connectivity index (χ3n) is 4.69. The van der Waals surface area contributed by atoms with Crippen molar-refractivity contribution in [1.82, 2.24) is 19.7 Å². The minimum absolute atomic E-state index is 0.107. The van der Waals surface area contributed by atoms with Gasteiger partial charge in [0.1, 0.15) is 5.82 Å². The molecule has 1 amide bonds. The Balaban J connectivity index is 1.63. The van der Waals surface area contributed by atoms with E-state index in [9.17, 15) is 14.9 Å². The van der Waals surface area contributed by atoms with Crippen LogP contribution in [0.1, 0.15) is 9.67 Å². The Bertz CT molecular complexity index is 1450. The smallest absolute Gasteiger partial charge is 0.305 e. The lowest BCUT2D eigenvalue weighted by molar-refractivity contribution is -0.380. The van der Waals surface area contributed by atoms with Crippen molar-refractivity contribution in [1.29, 1.82) is 0 Å². The van der Waals surface area contributed by atoms with Crippen molar-refractivity contribution in [2.24, 2.45) is 0 Å². The van der Waals surface area contributed by atoms with E-state index < -0.39 is 10.8 Å². The van der Waals surface area contributed by atoms with Crippen molar-refractivity contribution in [3.05, 3.63) is 94.0 Å². The molecule has 10 heteroatoms. The van der Waals surface area contributed by atoms with Gasteiger partial charge in [-0.3, -0.25) is 14.9 Å². The summed E-state index contributed by atoms with van der Waals surface area (Å²) in [6.07, 6.45) is 1.59. The van der Waals surface area contributed by atoms with Crippen LogP contribution in [-0.4, -0.2) is 30.6 Å². The maximum Gasteiger partial charge on any atom is 0.324 e. The summed E-state index contributed by atoms with van der Waals surface area (Å²) in [5.74, 6) is 0.204. The first-order valence-corrected chi connectivity index (χ1v) is 10.3. The average Bonchev–Trinajstić information content (AvgIpc) is 3.48. The fraction of sp³-hybridized carbons (Fsp3) is 0. The van der Waals surface area contributed by atoms with E-state index in [1.807, 2.05) is 60.7 Å². The monoisotopic (exact) mass is 442 g/mol. The van der Waals surface area contributed by atoms with Crippen LogP contribution in [0.4, 0.5) is 10.8 Å². The highest BCUT2D eigenvalue weighted by molar-refractivity contribution is 7.17. The maximum atomic E-state index is 12.8. The third-order valence-corrected chi connectivity index (χ3v) is 5.72. The number of rotatable bonds is 5. The zero-order valence-electron chi connectivity index (χ0n) is 16.4. The molecule has 32 heavy (non-hydrogen) atoms. The number of benzene rings is 2. The summed E-state index contributed by atoms with van der Waals surface area (Å²) in [7, 11) is 0.